The number of benzene rings is 2. The minimum atomic E-state index is -0.0465. The van der Waals surface area contributed by atoms with Gasteiger partial charge in [0.1, 0.15) is 0 Å². The van der Waals surface area contributed by atoms with E-state index in [1.54, 1.807) is 11.8 Å². The Labute approximate surface area is 130 Å². The molecule has 1 heterocycles. The van der Waals surface area contributed by atoms with E-state index in [0.29, 0.717) is 0 Å². The van der Waals surface area contributed by atoms with Crippen molar-refractivity contribution in [1.29, 1.82) is 0 Å². The summed E-state index contributed by atoms with van der Waals surface area (Å²) >= 11 is 1.68. The van der Waals surface area contributed by atoms with E-state index in [0.717, 1.165) is 4.90 Å². The van der Waals surface area contributed by atoms with E-state index in [-0.39, 0.29) is 23.1 Å². The molecule has 0 spiro atoms. The van der Waals surface area contributed by atoms with Crippen molar-refractivity contribution in [2.75, 3.05) is 7.05 Å². The Morgan fingerprint density at radius 2 is 1.52 bits per heavy atom. The van der Waals surface area contributed by atoms with Crippen LogP contribution >= 0.6 is 11.8 Å². The molecule has 1 fully saturated rings. The first-order valence-electron chi connectivity index (χ1n) is 7.22. The van der Waals surface area contributed by atoms with Gasteiger partial charge >= 0.3 is 0 Å². The fourth-order valence-corrected chi connectivity index (χ4v) is 4.35. The highest BCUT2D eigenvalue weighted by atomic mass is 32.2. The van der Waals surface area contributed by atoms with Gasteiger partial charge in [-0.1, -0.05) is 48.5 Å². The number of thioether (sulfide) groups is 1. The number of likely N-dealkylation sites (tertiary alicyclic amines) is 1. The number of hydrogen-bond donors (Lipinski definition) is 0. The average molecular weight is 297 g/mol. The van der Waals surface area contributed by atoms with Gasteiger partial charge in [-0.3, -0.25) is 4.79 Å². The predicted molar refractivity (Wildman–Crippen MR) is 87.5 cm³/mol. The number of carbonyl (C=O) groups is 1. The van der Waals surface area contributed by atoms with E-state index in [9.17, 15) is 4.79 Å². The Kier molecular flexibility index (Phi) is 4.02. The summed E-state index contributed by atoms with van der Waals surface area (Å²) in [5.41, 5.74) is 1.25. The van der Waals surface area contributed by atoms with Gasteiger partial charge in [0.2, 0.25) is 5.91 Å². The average Bonchev–Trinajstić information content (AvgIpc) is 2.74. The summed E-state index contributed by atoms with van der Waals surface area (Å²) in [6, 6.07) is 20.8. The van der Waals surface area contributed by atoms with E-state index in [2.05, 4.69) is 43.3 Å². The Morgan fingerprint density at radius 3 is 2.14 bits per heavy atom. The molecule has 2 aromatic carbocycles. The molecule has 3 atom stereocenters. The van der Waals surface area contributed by atoms with Gasteiger partial charge in [0.15, 0.2) is 0 Å². The normalized spacial score (nSPS) is 25.3. The molecule has 0 radical (unpaired) electrons. The lowest BCUT2D eigenvalue weighted by atomic mass is 9.92. The van der Waals surface area contributed by atoms with Gasteiger partial charge in [-0.2, -0.15) is 0 Å². The molecule has 108 valence electrons. The second-order valence-corrected chi connectivity index (χ2v) is 6.69. The third-order valence-corrected chi connectivity index (χ3v) is 5.53. The lowest BCUT2D eigenvalue weighted by molar-refractivity contribution is -0.127. The largest absolute Gasteiger partial charge is 0.341 e. The first-order valence-corrected chi connectivity index (χ1v) is 8.10. The monoisotopic (exact) mass is 297 g/mol. The van der Waals surface area contributed by atoms with E-state index in [1.807, 2.05) is 36.2 Å². The van der Waals surface area contributed by atoms with Crippen molar-refractivity contribution in [2.45, 2.75) is 29.0 Å². The molecular formula is C18H19NOS. The minimum Gasteiger partial charge on any atom is -0.341 e. The van der Waals surface area contributed by atoms with Crippen molar-refractivity contribution in [3.8, 4) is 0 Å². The smallest absolute Gasteiger partial charge is 0.236 e. The molecular weight excluding hydrogens is 278 g/mol. The maximum Gasteiger partial charge on any atom is 0.236 e. The predicted octanol–water partition coefficient (Wildman–Crippen LogP) is 3.79. The highest BCUT2D eigenvalue weighted by Gasteiger charge is 2.45. The van der Waals surface area contributed by atoms with Crippen LogP contribution in [0.3, 0.4) is 0 Å². The van der Waals surface area contributed by atoms with Crippen molar-refractivity contribution in [3.05, 3.63) is 66.2 Å². The van der Waals surface area contributed by atoms with E-state index < -0.39 is 0 Å². The molecule has 0 aromatic heterocycles. The van der Waals surface area contributed by atoms with E-state index in [1.165, 1.54) is 5.56 Å². The zero-order valence-corrected chi connectivity index (χ0v) is 13.1. The standard InChI is InChI=1S/C18H19NOS/c1-13-16(14-9-5-3-6-10-14)17(18(20)19(13)2)21-15-11-7-4-8-12-15/h3-13,16-17H,1-2H3/t13-,16+,17+/m0/s1. The van der Waals surface area contributed by atoms with Crippen molar-refractivity contribution in [3.63, 3.8) is 0 Å². The van der Waals surface area contributed by atoms with Crippen LogP contribution in [0.5, 0.6) is 0 Å². The zero-order chi connectivity index (χ0) is 14.8. The molecule has 1 saturated heterocycles. The molecule has 1 aliphatic rings. The van der Waals surface area contributed by atoms with Crippen LogP contribution in [0.1, 0.15) is 18.4 Å². The quantitative estimate of drug-likeness (QED) is 0.859. The molecule has 0 N–H and O–H groups in total. The summed E-state index contributed by atoms with van der Waals surface area (Å²) in [5, 5.41) is -0.0465. The summed E-state index contributed by atoms with van der Waals surface area (Å²) in [4.78, 5) is 15.6. The van der Waals surface area contributed by atoms with Crippen LogP contribution in [0.15, 0.2) is 65.6 Å². The Balaban J connectivity index is 1.93. The van der Waals surface area contributed by atoms with Gasteiger partial charge < -0.3 is 4.90 Å². The van der Waals surface area contributed by atoms with Crippen LogP contribution in [0.2, 0.25) is 0 Å². The molecule has 0 saturated carbocycles. The maximum absolute atomic E-state index is 12.6. The van der Waals surface area contributed by atoms with Crippen molar-refractivity contribution in [2.24, 2.45) is 0 Å². The number of rotatable bonds is 3. The number of hydrogen-bond acceptors (Lipinski definition) is 2. The summed E-state index contributed by atoms with van der Waals surface area (Å²) in [6.07, 6.45) is 0. The number of carbonyl (C=O) groups excluding carboxylic acids is 1. The lowest BCUT2D eigenvalue weighted by Gasteiger charge is -2.22. The topological polar surface area (TPSA) is 20.3 Å². The lowest BCUT2D eigenvalue weighted by Crippen LogP contribution is -2.28. The molecule has 0 unspecified atom stereocenters. The van der Waals surface area contributed by atoms with Crippen LogP contribution in [0.4, 0.5) is 0 Å². The fraction of sp³-hybridized carbons (Fsp3) is 0.278. The fourth-order valence-electron chi connectivity index (χ4n) is 2.95. The van der Waals surface area contributed by atoms with Crippen LogP contribution < -0.4 is 0 Å². The molecule has 2 nitrogen and oxygen atoms in total. The van der Waals surface area contributed by atoms with Gasteiger partial charge in [-0.15, -0.1) is 11.8 Å². The van der Waals surface area contributed by atoms with E-state index in [4.69, 9.17) is 0 Å². The zero-order valence-electron chi connectivity index (χ0n) is 12.3. The first kappa shape index (κ1) is 14.2. The van der Waals surface area contributed by atoms with Gasteiger partial charge in [0.25, 0.3) is 0 Å². The Bertz CT molecular complexity index is 614. The summed E-state index contributed by atoms with van der Waals surface area (Å²) in [5.74, 6) is 0.458. The molecule has 3 rings (SSSR count). The van der Waals surface area contributed by atoms with Gasteiger partial charge in [-0.25, -0.2) is 0 Å². The first-order chi connectivity index (χ1) is 10.2. The van der Waals surface area contributed by atoms with E-state index >= 15 is 0 Å². The number of likely N-dealkylation sites (N-methyl/N-ethyl adjacent to an activating group) is 1. The molecule has 3 heteroatoms. The molecule has 21 heavy (non-hydrogen) atoms. The van der Waals surface area contributed by atoms with Crippen LogP contribution in [-0.2, 0) is 4.79 Å². The highest BCUT2D eigenvalue weighted by molar-refractivity contribution is 8.00. The maximum atomic E-state index is 12.6. The van der Waals surface area contributed by atoms with Gasteiger partial charge in [0, 0.05) is 23.9 Å². The second kappa shape index (κ2) is 5.94. The van der Waals surface area contributed by atoms with Crippen LogP contribution in [-0.4, -0.2) is 29.1 Å². The van der Waals surface area contributed by atoms with Crippen molar-refractivity contribution >= 4 is 17.7 Å². The molecule has 0 aliphatic carbocycles. The summed E-state index contributed by atoms with van der Waals surface area (Å²) in [7, 11) is 1.91. The van der Waals surface area contributed by atoms with Gasteiger partial charge in [0.05, 0.1) is 5.25 Å². The van der Waals surface area contributed by atoms with Crippen molar-refractivity contribution < 1.29 is 4.79 Å². The third kappa shape index (κ3) is 2.70. The Morgan fingerprint density at radius 1 is 0.952 bits per heavy atom. The number of nitrogens with zero attached hydrogens (tertiary/aromatic N) is 1. The van der Waals surface area contributed by atoms with Crippen LogP contribution in [0, 0.1) is 0 Å². The van der Waals surface area contributed by atoms with Crippen LogP contribution in [0.25, 0.3) is 0 Å². The summed E-state index contributed by atoms with van der Waals surface area (Å²) < 4.78 is 0. The molecule has 1 aliphatic heterocycles. The minimum absolute atomic E-state index is 0.0465. The molecule has 2 aromatic rings. The molecule has 1 amide bonds. The second-order valence-electron chi connectivity index (χ2n) is 5.48. The Hall–Kier alpha value is -1.74. The van der Waals surface area contributed by atoms with Crippen molar-refractivity contribution in [1.82, 2.24) is 4.90 Å². The summed E-state index contributed by atoms with van der Waals surface area (Å²) in [6.45, 7) is 2.14. The SMILES string of the molecule is C[C@H]1[C@H](c2ccccc2)[C@@H](Sc2ccccc2)C(=O)N1C. The van der Waals surface area contributed by atoms with Gasteiger partial charge in [-0.05, 0) is 24.6 Å². The third-order valence-electron chi connectivity index (χ3n) is 4.24. The number of amides is 1. The highest BCUT2D eigenvalue weighted by Crippen LogP contribution is 2.42. The molecule has 0 bridgehead atoms.